The van der Waals surface area contributed by atoms with E-state index < -0.39 is 24.1 Å². The number of hydrogen-bond donors (Lipinski definition) is 1. The number of carboxylic acid groups (broad SMARTS) is 1. The van der Waals surface area contributed by atoms with Crippen LogP contribution in [0.1, 0.15) is 18.9 Å². The Morgan fingerprint density at radius 3 is 2.71 bits per heavy atom. The number of para-hydroxylation sites is 1. The summed E-state index contributed by atoms with van der Waals surface area (Å²) in [6.07, 6.45) is -0.208. The number of nitrogens with zero attached hydrogens (tertiary/aromatic N) is 1. The second-order valence-electron chi connectivity index (χ2n) is 6.33. The zero-order valence-corrected chi connectivity index (χ0v) is 15.6. The van der Waals surface area contributed by atoms with E-state index in [1.165, 1.54) is 4.90 Å². The maximum atomic E-state index is 12.2. The van der Waals surface area contributed by atoms with Crippen LogP contribution in [0.2, 0.25) is 0 Å². The first kappa shape index (κ1) is 17.5. The summed E-state index contributed by atoms with van der Waals surface area (Å²) in [7, 11) is 0. The maximum absolute atomic E-state index is 12.2. The first-order valence-electron chi connectivity index (χ1n) is 7.69. The summed E-state index contributed by atoms with van der Waals surface area (Å²) >= 11 is 0. The normalized spacial score (nSPS) is 28.5. The van der Waals surface area contributed by atoms with Crippen LogP contribution in [0.4, 0.5) is 0 Å². The number of β-lactam (4-membered cyclic amide) rings is 1. The van der Waals surface area contributed by atoms with Gasteiger partial charge in [-0.2, -0.15) is 0 Å². The molecule has 1 aromatic rings. The molecule has 3 aliphatic rings. The van der Waals surface area contributed by atoms with Crippen LogP contribution < -0.4 is 39.4 Å². The molecule has 7 heteroatoms. The smallest absolute Gasteiger partial charge is 0.543 e. The van der Waals surface area contributed by atoms with Crippen molar-refractivity contribution >= 4 is 11.9 Å². The first-order chi connectivity index (χ1) is 11.0. The largest absolute Gasteiger partial charge is 1.00 e. The van der Waals surface area contributed by atoms with Crippen molar-refractivity contribution in [1.29, 1.82) is 0 Å². The number of aliphatic hydroxyl groups excluding tert-OH is 1. The molecule has 1 fully saturated rings. The Labute approximate surface area is 161 Å². The topological polar surface area (TPSA) is 89.9 Å². The summed E-state index contributed by atoms with van der Waals surface area (Å²) < 4.78 is 5.88. The summed E-state index contributed by atoms with van der Waals surface area (Å²) in [4.78, 5) is 25.0. The van der Waals surface area contributed by atoms with Gasteiger partial charge in [-0.3, -0.25) is 4.79 Å². The number of carbonyl (C=O) groups excluding carboxylic acids is 2. The molecule has 1 amide bonds. The molecule has 0 spiro atoms. The van der Waals surface area contributed by atoms with E-state index >= 15 is 0 Å². The van der Waals surface area contributed by atoms with E-state index in [0.717, 1.165) is 11.3 Å². The van der Waals surface area contributed by atoms with Gasteiger partial charge in [0.2, 0.25) is 5.91 Å². The third-order valence-corrected chi connectivity index (χ3v) is 4.99. The van der Waals surface area contributed by atoms with Crippen LogP contribution in [0.25, 0.3) is 0 Å². The fourth-order valence-electron chi connectivity index (χ4n) is 3.96. The molecule has 0 bridgehead atoms. The summed E-state index contributed by atoms with van der Waals surface area (Å²) in [5.41, 5.74) is 1.53. The zero-order valence-electron chi connectivity index (χ0n) is 13.6. The molecule has 4 rings (SSSR count). The predicted octanol–water partition coefficient (Wildman–Crippen LogP) is -3.39. The standard InChI is InChI=1S/C17H17NO5.Na/c1-8(19)14-11-7-10(15(17(21)22)18(11)16(14)20)13-6-9-4-2-3-5-12(9)23-13;/h2-5,8,11,13-14,19H,6-7H2,1H3,(H,21,22);/q;+1/p-1/t8-,11-,13-,14-;/m1./s1. The van der Waals surface area contributed by atoms with Gasteiger partial charge in [-0.25, -0.2) is 0 Å². The Morgan fingerprint density at radius 1 is 1.38 bits per heavy atom. The minimum Gasteiger partial charge on any atom is -0.543 e. The molecule has 4 atom stereocenters. The fraction of sp³-hybridized carbons (Fsp3) is 0.412. The van der Waals surface area contributed by atoms with Gasteiger partial charge < -0.3 is 24.6 Å². The Kier molecular flexibility index (Phi) is 4.51. The minimum atomic E-state index is -1.36. The van der Waals surface area contributed by atoms with E-state index in [2.05, 4.69) is 0 Å². The van der Waals surface area contributed by atoms with Crippen LogP contribution in [-0.2, 0) is 16.0 Å². The Balaban J connectivity index is 0.00000169. The number of ether oxygens (including phenoxy) is 1. The number of carboxylic acids is 1. The number of amides is 1. The van der Waals surface area contributed by atoms with E-state index in [9.17, 15) is 19.8 Å². The summed E-state index contributed by atoms with van der Waals surface area (Å²) in [6.45, 7) is 1.55. The number of carbonyl (C=O) groups is 2. The van der Waals surface area contributed by atoms with E-state index in [1.54, 1.807) is 6.92 Å². The Morgan fingerprint density at radius 2 is 2.08 bits per heavy atom. The van der Waals surface area contributed by atoms with Crippen molar-refractivity contribution in [2.45, 2.75) is 38.0 Å². The van der Waals surface area contributed by atoms with Gasteiger partial charge in [0.1, 0.15) is 11.9 Å². The number of hydrogen-bond acceptors (Lipinski definition) is 5. The zero-order chi connectivity index (χ0) is 16.3. The van der Waals surface area contributed by atoms with Crippen molar-refractivity contribution in [3.8, 4) is 5.75 Å². The molecule has 1 N–H and O–H groups in total. The van der Waals surface area contributed by atoms with E-state index in [4.69, 9.17) is 4.74 Å². The average molecular weight is 337 g/mol. The first-order valence-corrected chi connectivity index (χ1v) is 7.69. The van der Waals surface area contributed by atoms with Crippen molar-refractivity contribution in [1.82, 2.24) is 4.90 Å². The van der Waals surface area contributed by atoms with Crippen molar-refractivity contribution in [3.63, 3.8) is 0 Å². The van der Waals surface area contributed by atoms with Gasteiger partial charge in [-0.1, -0.05) is 18.2 Å². The number of benzene rings is 1. The Bertz CT molecular complexity index is 719. The van der Waals surface area contributed by atoms with Gasteiger partial charge in [-0.15, -0.1) is 0 Å². The number of aliphatic carboxylic acids is 1. The summed E-state index contributed by atoms with van der Waals surface area (Å²) in [6, 6.07) is 7.26. The van der Waals surface area contributed by atoms with Gasteiger partial charge >= 0.3 is 29.6 Å². The molecule has 0 aromatic heterocycles. The van der Waals surface area contributed by atoms with Crippen molar-refractivity contribution in [3.05, 3.63) is 41.1 Å². The van der Waals surface area contributed by atoms with Crippen molar-refractivity contribution < 1.29 is 54.1 Å². The van der Waals surface area contributed by atoms with Crippen molar-refractivity contribution in [2.24, 2.45) is 5.92 Å². The number of fused-ring (bicyclic) bond motifs is 2. The van der Waals surface area contributed by atoms with E-state index in [-0.39, 0.29) is 47.2 Å². The second kappa shape index (κ2) is 6.19. The van der Waals surface area contributed by atoms with Gasteiger partial charge in [0.05, 0.1) is 29.7 Å². The van der Waals surface area contributed by atoms with Crippen LogP contribution in [0, 0.1) is 5.92 Å². The maximum Gasteiger partial charge on any atom is 1.00 e. The molecular formula is C17H16NNaO5. The van der Waals surface area contributed by atoms with Gasteiger partial charge in [0, 0.05) is 6.42 Å². The van der Waals surface area contributed by atoms with Crippen molar-refractivity contribution in [2.75, 3.05) is 0 Å². The quantitative estimate of drug-likeness (QED) is 0.459. The molecule has 24 heavy (non-hydrogen) atoms. The van der Waals surface area contributed by atoms with E-state index in [0.29, 0.717) is 18.4 Å². The third kappa shape index (κ3) is 2.40. The van der Waals surface area contributed by atoms with Crippen LogP contribution in [-0.4, -0.2) is 40.1 Å². The second-order valence-corrected chi connectivity index (χ2v) is 6.33. The average Bonchev–Trinajstić information content (AvgIpc) is 3.05. The molecule has 0 aliphatic carbocycles. The van der Waals surface area contributed by atoms with Gasteiger partial charge in [0.15, 0.2) is 0 Å². The Hall–Kier alpha value is -1.34. The molecular weight excluding hydrogens is 321 g/mol. The van der Waals surface area contributed by atoms with Gasteiger partial charge in [-0.05, 0) is 30.5 Å². The van der Waals surface area contributed by atoms with Crippen LogP contribution in [0.5, 0.6) is 5.75 Å². The molecule has 120 valence electrons. The third-order valence-electron chi connectivity index (χ3n) is 4.99. The number of rotatable bonds is 3. The van der Waals surface area contributed by atoms with Crippen LogP contribution in [0.15, 0.2) is 35.5 Å². The SMILES string of the molecule is C[C@@H](O)[C@H]1C(=O)N2C(C(=O)[O-])=C([C@H]3Cc4ccccc4O3)C[C@H]12.[Na+]. The molecule has 0 unspecified atom stereocenters. The van der Waals surface area contributed by atoms with Crippen LogP contribution >= 0.6 is 0 Å². The van der Waals surface area contributed by atoms with E-state index in [1.807, 2.05) is 24.3 Å². The molecule has 0 radical (unpaired) electrons. The summed E-state index contributed by atoms with van der Waals surface area (Å²) in [5, 5.41) is 21.3. The molecule has 3 heterocycles. The molecule has 0 saturated carbocycles. The number of aliphatic hydroxyl groups is 1. The molecule has 1 aromatic carbocycles. The van der Waals surface area contributed by atoms with Gasteiger partial charge in [0.25, 0.3) is 0 Å². The minimum absolute atomic E-state index is 0. The molecule has 1 saturated heterocycles. The molecule has 6 nitrogen and oxygen atoms in total. The monoisotopic (exact) mass is 337 g/mol. The fourth-order valence-corrected chi connectivity index (χ4v) is 3.96. The molecule has 3 aliphatic heterocycles. The predicted molar refractivity (Wildman–Crippen MR) is 77.0 cm³/mol. The summed E-state index contributed by atoms with van der Waals surface area (Å²) in [5.74, 6) is -1.52. The van der Waals surface area contributed by atoms with Crippen LogP contribution in [0.3, 0.4) is 0 Å².